The number of amides is 1. The van der Waals surface area contributed by atoms with Crippen molar-refractivity contribution >= 4 is 5.91 Å². The van der Waals surface area contributed by atoms with Gasteiger partial charge in [-0.2, -0.15) is 13.2 Å². The molecule has 21 heavy (non-hydrogen) atoms. The summed E-state index contributed by atoms with van der Waals surface area (Å²) in [6.45, 7) is -0.424. The molecule has 1 aliphatic heterocycles. The number of aliphatic hydroxyl groups is 1. The van der Waals surface area contributed by atoms with Gasteiger partial charge < -0.3 is 15.2 Å². The highest BCUT2D eigenvalue weighted by molar-refractivity contribution is 5.82. The van der Waals surface area contributed by atoms with Gasteiger partial charge in [-0.25, -0.2) is 4.39 Å². The minimum absolute atomic E-state index is 0.0626. The fourth-order valence-corrected chi connectivity index (χ4v) is 1.84. The summed E-state index contributed by atoms with van der Waals surface area (Å²) < 4.78 is 55.6. The highest BCUT2D eigenvalue weighted by Gasteiger charge is 2.50. The summed E-state index contributed by atoms with van der Waals surface area (Å²) in [4.78, 5) is 11.8. The molecule has 2 N–H and O–H groups in total. The number of rotatable bonds is 3. The Morgan fingerprint density at radius 2 is 2.14 bits per heavy atom. The Morgan fingerprint density at radius 3 is 2.76 bits per heavy atom. The van der Waals surface area contributed by atoms with E-state index in [1.54, 1.807) is 0 Å². The van der Waals surface area contributed by atoms with Crippen LogP contribution in [0.2, 0.25) is 0 Å². The van der Waals surface area contributed by atoms with Gasteiger partial charge in [0.2, 0.25) is 0 Å². The maximum Gasteiger partial charge on any atom is 0.418 e. The molecule has 0 unspecified atom stereocenters. The zero-order valence-corrected chi connectivity index (χ0v) is 11.0. The number of hydrogen-bond acceptors (Lipinski definition) is 3. The average molecular weight is 307 g/mol. The van der Waals surface area contributed by atoms with Crippen molar-refractivity contribution in [1.82, 2.24) is 5.32 Å². The van der Waals surface area contributed by atoms with Gasteiger partial charge in [0.25, 0.3) is 5.91 Å². The summed E-state index contributed by atoms with van der Waals surface area (Å²) in [5, 5.41) is 11.2. The van der Waals surface area contributed by atoms with Gasteiger partial charge in [0, 0.05) is 12.0 Å². The number of carbonyl (C=O) groups is 1. The number of nitrogens with one attached hydrogen (secondary N) is 1. The van der Waals surface area contributed by atoms with Gasteiger partial charge in [-0.15, -0.1) is 0 Å². The highest BCUT2D eigenvalue weighted by Crippen LogP contribution is 2.31. The Balaban J connectivity index is 1.95. The van der Waals surface area contributed by atoms with Crippen molar-refractivity contribution in [2.45, 2.75) is 31.2 Å². The molecule has 116 valence electrons. The molecule has 0 aliphatic carbocycles. The number of alkyl halides is 3. The second kappa shape index (κ2) is 5.18. The quantitative estimate of drug-likeness (QED) is 0.833. The van der Waals surface area contributed by atoms with E-state index in [4.69, 9.17) is 4.74 Å². The van der Waals surface area contributed by atoms with Crippen molar-refractivity contribution in [3.8, 4) is 5.75 Å². The SMILES string of the molecule is C[C@@](O)(CNC(=O)[C@H]1Cc2cc(F)ccc2O1)C(F)(F)F. The van der Waals surface area contributed by atoms with Crippen LogP contribution in [0.25, 0.3) is 0 Å². The molecule has 0 saturated heterocycles. The van der Waals surface area contributed by atoms with Crippen molar-refractivity contribution in [3.63, 3.8) is 0 Å². The minimum atomic E-state index is -4.86. The van der Waals surface area contributed by atoms with E-state index in [0.717, 1.165) is 6.07 Å². The molecule has 0 fully saturated rings. The van der Waals surface area contributed by atoms with E-state index in [1.807, 2.05) is 5.32 Å². The lowest BCUT2D eigenvalue weighted by atomic mass is 10.1. The third-order valence-electron chi connectivity index (χ3n) is 3.21. The van der Waals surface area contributed by atoms with Crippen LogP contribution in [0.15, 0.2) is 18.2 Å². The molecule has 0 aromatic heterocycles. The van der Waals surface area contributed by atoms with Gasteiger partial charge in [0.15, 0.2) is 11.7 Å². The van der Waals surface area contributed by atoms with Crippen LogP contribution in [0.1, 0.15) is 12.5 Å². The zero-order valence-electron chi connectivity index (χ0n) is 11.0. The summed E-state index contributed by atoms with van der Waals surface area (Å²) in [5.41, 5.74) is -2.56. The van der Waals surface area contributed by atoms with Crippen LogP contribution in [-0.4, -0.2) is 35.4 Å². The third kappa shape index (κ3) is 3.26. The van der Waals surface area contributed by atoms with Crippen LogP contribution < -0.4 is 10.1 Å². The van der Waals surface area contributed by atoms with Gasteiger partial charge in [-0.1, -0.05) is 0 Å². The molecule has 1 heterocycles. The molecule has 1 aromatic carbocycles. The first kappa shape index (κ1) is 15.6. The van der Waals surface area contributed by atoms with E-state index in [9.17, 15) is 27.5 Å². The lowest BCUT2D eigenvalue weighted by Gasteiger charge is -2.26. The van der Waals surface area contributed by atoms with Gasteiger partial charge >= 0.3 is 6.18 Å². The minimum Gasteiger partial charge on any atom is -0.480 e. The molecule has 4 nitrogen and oxygen atoms in total. The van der Waals surface area contributed by atoms with Crippen molar-refractivity contribution in [1.29, 1.82) is 0 Å². The highest BCUT2D eigenvalue weighted by atomic mass is 19.4. The Kier molecular flexibility index (Phi) is 3.83. The summed E-state index contributed by atoms with van der Waals surface area (Å²) >= 11 is 0. The number of halogens is 4. The van der Waals surface area contributed by atoms with E-state index in [-0.39, 0.29) is 6.42 Å². The molecule has 2 atom stereocenters. The number of hydrogen-bond donors (Lipinski definition) is 2. The molecule has 1 aromatic rings. The second-order valence-electron chi connectivity index (χ2n) is 5.05. The molecule has 1 aliphatic rings. The van der Waals surface area contributed by atoms with Gasteiger partial charge in [0.05, 0.1) is 6.54 Å². The standard InChI is InChI=1S/C13H13F4NO3/c1-12(20,13(15,16)17)6-18-11(19)10-5-7-4-8(14)2-3-9(7)21-10/h2-4,10,20H,5-6H2,1H3,(H,18,19)/t10-,12-/m1/s1. The van der Waals surface area contributed by atoms with Crippen molar-refractivity contribution < 1.29 is 32.2 Å². The number of fused-ring (bicyclic) bond motifs is 1. The summed E-state index contributed by atoms with van der Waals surface area (Å²) in [5.74, 6) is -0.964. The topological polar surface area (TPSA) is 58.6 Å². The van der Waals surface area contributed by atoms with Crippen LogP contribution in [0.5, 0.6) is 5.75 Å². The lowest BCUT2D eigenvalue weighted by Crippen LogP contribution is -2.53. The fraction of sp³-hybridized carbons (Fsp3) is 0.462. The number of ether oxygens (including phenoxy) is 1. The van der Waals surface area contributed by atoms with E-state index >= 15 is 0 Å². The predicted octanol–water partition coefficient (Wildman–Crippen LogP) is 1.56. The average Bonchev–Trinajstić information content (AvgIpc) is 2.77. The predicted molar refractivity (Wildman–Crippen MR) is 64.2 cm³/mol. The molecule has 2 rings (SSSR count). The first-order valence-electron chi connectivity index (χ1n) is 6.12. The Bertz CT molecular complexity index is 557. The van der Waals surface area contributed by atoms with Gasteiger partial charge in [0.1, 0.15) is 11.6 Å². The van der Waals surface area contributed by atoms with E-state index in [0.29, 0.717) is 18.2 Å². The Hall–Kier alpha value is -1.83. The van der Waals surface area contributed by atoms with Crippen LogP contribution >= 0.6 is 0 Å². The van der Waals surface area contributed by atoms with Gasteiger partial charge in [-0.05, 0) is 25.1 Å². The van der Waals surface area contributed by atoms with Crippen LogP contribution in [0, 0.1) is 5.82 Å². The first-order chi connectivity index (χ1) is 9.60. The Morgan fingerprint density at radius 1 is 1.48 bits per heavy atom. The largest absolute Gasteiger partial charge is 0.480 e. The third-order valence-corrected chi connectivity index (χ3v) is 3.21. The zero-order chi connectivity index (χ0) is 15.8. The molecule has 0 saturated carbocycles. The lowest BCUT2D eigenvalue weighted by molar-refractivity contribution is -0.250. The summed E-state index contributed by atoms with van der Waals surface area (Å²) in [7, 11) is 0. The van der Waals surface area contributed by atoms with Crippen molar-refractivity contribution in [2.24, 2.45) is 0 Å². The molecule has 0 spiro atoms. The summed E-state index contributed by atoms with van der Waals surface area (Å²) in [6.07, 6.45) is -5.83. The molecule has 1 amide bonds. The van der Waals surface area contributed by atoms with Crippen molar-refractivity contribution in [3.05, 3.63) is 29.6 Å². The first-order valence-corrected chi connectivity index (χ1v) is 6.12. The van der Waals surface area contributed by atoms with Crippen molar-refractivity contribution in [2.75, 3.05) is 6.54 Å². The van der Waals surface area contributed by atoms with Crippen LogP contribution in [0.3, 0.4) is 0 Å². The molecular weight excluding hydrogens is 294 g/mol. The number of carbonyl (C=O) groups excluding carboxylic acids is 1. The maximum absolute atomic E-state index is 13.0. The van der Waals surface area contributed by atoms with Crippen LogP contribution in [-0.2, 0) is 11.2 Å². The molecule has 0 bridgehead atoms. The summed E-state index contributed by atoms with van der Waals surface area (Å²) in [6, 6.07) is 3.71. The van der Waals surface area contributed by atoms with E-state index in [1.165, 1.54) is 12.1 Å². The van der Waals surface area contributed by atoms with Gasteiger partial charge in [-0.3, -0.25) is 4.79 Å². The normalized spacial score (nSPS) is 20.4. The second-order valence-corrected chi connectivity index (χ2v) is 5.05. The fourth-order valence-electron chi connectivity index (χ4n) is 1.84. The van der Waals surface area contributed by atoms with Crippen LogP contribution in [0.4, 0.5) is 17.6 Å². The number of benzene rings is 1. The smallest absolute Gasteiger partial charge is 0.418 e. The monoisotopic (exact) mass is 307 g/mol. The molecule has 0 radical (unpaired) electrons. The maximum atomic E-state index is 13.0. The van der Waals surface area contributed by atoms with E-state index < -0.39 is 36.2 Å². The Labute approximate surface area is 117 Å². The van der Waals surface area contributed by atoms with E-state index in [2.05, 4.69) is 0 Å². The molecular formula is C13H13F4NO3. The molecule has 8 heteroatoms.